The molecule has 1 amide bonds. The Morgan fingerprint density at radius 1 is 1.24 bits per heavy atom. The molecule has 3 heterocycles. The average molecular weight is 499 g/mol. The van der Waals surface area contributed by atoms with E-state index in [1.807, 2.05) is 47.2 Å². The Morgan fingerprint density at radius 3 is 2.94 bits per heavy atom. The highest BCUT2D eigenvalue weighted by atomic mass is 35.5. The van der Waals surface area contributed by atoms with Gasteiger partial charge in [0.2, 0.25) is 6.79 Å². The van der Waals surface area contributed by atoms with Gasteiger partial charge in [0.15, 0.2) is 16.6 Å². The second-order valence-electron chi connectivity index (χ2n) is 7.42. The summed E-state index contributed by atoms with van der Waals surface area (Å²) in [6.45, 7) is 1.50. The van der Waals surface area contributed by atoms with E-state index in [-0.39, 0.29) is 25.1 Å². The minimum absolute atomic E-state index is 0. The quantitative estimate of drug-likeness (QED) is 0.325. The number of hydrogen-bond donors (Lipinski definition) is 0. The zero-order valence-electron chi connectivity index (χ0n) is 18.4. The molecule has 0 aliphatic carbocycles. The number of thiazole rings is 1. The van der Waals surface area contributed by atoms with Crippen LogP contribution in [0.3, 0.4) is 0 Å². The normalized spacial score (nSPS) is 12.1. The highest BCUT2D eigenvalue weighted by Gasteiger charge is 2.18. The molecule has 1 aliphatic rings. The van der Waals surface area contributed by atoms with Crippen molar-refractivity contribution in [3.05, 3.63) is 66.8 Å². The predicted molar refractivity (Wildman–Crippen MR) is 134 cm³/mol. The van der Waals surface area contributed by atoms with Gasteiger partial charge < -0.3 is 18.8 Å². The lowest BCUT2D eigenvalue weighted by Gasteiger charge is -2.18. The van der Waals surface area contributed by atoms with E-state index in [4.69, 9.17) is 19.2 Å². The minimum Gasteiger partial charge on any atom is -0.497 e. The number of imidazole rings is 1. The number of aromatic nitrogens is 3. The number of benzene rings is 2. The number of hydrogen-bond acceptors (Lipinski definition) is 7. The number of ether oxygens (including phenoxy) is 3. The maximum atomic E-state index is 13.2. The van der Waals surface area contributed by atoms with Gasteiger partial charge >= 0.3 is 0 Å². The molecule has 8 nitrogen and oxygen atoms in total. The Labute approximate surface area is 206 Å². The van der Waals surface area contributed by atoms with Gasteiger partial charge in [-0.1, -0.05) is 17.4 Å². The summed E-state index contributed by atoms with van der Waals surface area (Å²) in [5, 5.41) is 0.657. The van der Waals surface area contributed by atoms with E-state index in [0.29, 0.717) is 23.2 Å². The number of methoxy groups -OCH3 is 1. The molecule has 2 aromatic heterocycles. The van der Waals surface area contributed by atoms with Crippen LogP contribution < -0.4 is 19.1 Å². The van der Waals surface area contributed by atoms with Crippen molar-refractivity contribution in [1.82, 2.24) is 14.5 Å². The molecule has 0 atom stereocenters. The summed E-state index contributed by atoms with van der Waals surface area (Å²) >= 11 is 1.47. The average Bonchev–Trinajstić information content (AvgIpc) is 3.59. The molecule has 5 rings (SSSR count). The van der Waals surface area contributed by atoms with Crippen LogP contribution in [0.2, 0.25) is 0 Å². The van der Waals surface area contributed by atoms with Gasteiger partial charge in [0.05, 0.1) is 23.7 Å². The summed E-state index contributed by atoms with van der Waals surface area (Å²) in [6.07, 6.45) is 9.55. The Morgan fingerprint density at radius 2 is 2.12 bits per heavy atom. The molecule has 10 heteroatoms. The van der Waals surface area contributed by atoms with E-state index in [1.165, 1.54) is 11.3 Å². The number of halogens is 1. The third-order valence-electron chi connectivity index (χ3n) is 5.25. The highest BCUT2D eigenvalue weighted by molar-refractivity contribution is 7.22. The van der Waals surface area contributed by atoms with E-state index < -0.39 is 0 Å². The first kappa shape index (κ1) is 23.6. The first-order valence-electron chi connectivity index (χ1n) is 10.5. The van der Waals surface area contributed by atoms with Gasteiger partial charge in [0.25, 0.3) is 5.91 Å². The molecule has 0 fully saturated rings. The monoisotopic (exact) mass is 498 g/mol. The van der Waals surface area contributed by atoms with Gasteiger partial charge in [0, 0.05) is 31.6 Å². The molecule has 0 saturated carbocycles. The Balaban J connectivity index is 0.00000274. The number of anilines is 1. The van der Waals surface area contributed by atoms with Crippen molar-refractivity contribution < 1.29 is 19.0 Å². The van der Waals surface area contributed by atoms with E-state index in [1.54, 1.807) is 36.7 Å². The third kappa shape index (κ3) is 5.16. The van der Waals surface area contributed by atoms with Crippen LogP contribution >= 0.6 is 23.7 Å². The lowest BCUT2D eigenvalue weighted by Crippen LogP contribution is -2.30. The van der Waals surface area contributed by atoms with E-state index in [9.17, 15) is 4.79 Å². The van der Waals surface area contributed by atoms with Crippen molar-refractivity contribution in [2.24, 2.45) is 0 Å². The summed E-state index contributed by atoms with van der Waals surface area (Å²) in [6, 6.07) is 11.3. The van der Waals surface area contributed by atoms with Crippen LogP contribution in [-0.2, 0) is 11.3 Å². The SMILES string of the molecule is COc1ccc2nc(N(CCCn3ccnc3)C(=O)/C=C/c3ccc4c(c3)OCO4)sc2c1.Cl. The number of carbonyl (C=O) groups excluding carboxylic acids is 1. The largest absolute Gasteiger partial charge is 0.497 e. The van der Waals surface area contributed by atoms with Gasteiger partial charge in [-0.2, -0.15) is 0 Å². The van der Waals surface area contributed by atoms with Crippen LogP contribution in [-0.4, -0.2) is 40.9 Å². The molecule has 2 aromatic carbocycles. The van der Waals surface area contributed by atoms with Crippen LogP contribution in [0.5, 0.6) is 17.2 Å². The standard InChI is InChI=1S/C24H22N4O4S.ClH/c1-30-18-5-6-19-22(14-18)33-24(26-19)28(11-2-10-27-12-9-25-15-27)23(29)8-4-17-3-7-20-21(13-17)32-16-31-20;/h3-9,12-15H,2,10-11,16H2,1H3;1H/b8-4+;. The Kier molecular flexibility index (Phi) is 7.34. The van der Waals surface area contributed by atoms with Crippen LogP contribution in [0.4, 0.5) is 5.13 Å². The topological polar surface area (TPSA) is 78.7 Å². The van der Waals surface area contributed by atoms with Gasteiger partial charge in [-0.3, -0.25) is 9.69 Å². The van der Waals surface area contributed by atoms with E-state index in [0.717, 1.165) is 34.5 Å². The number of fused-ring (bicyclic) bond motifs is 2. The molecule has 0 saturated heterocycles. The van der Waals surface area contributed by atoms with Crippen LogP contribution in [0, 0.1) is 0 Å². The third-order valence-corrected chi connectivity index (χ3v) is 6.29. The van der Waals surface area contributed by atoms with Crippen LogP contribution in [0.15, 0.2) is 61.2 Å². The molecule has 0 unspecified atom stereocenters. The second-order valence-corrected chi connectivity index (χ2v) is 8.43. The van der Waals surface area contributed by atoms with Crippen molar-refractivity contribution in [2.75, 3.05) is 25.3 Å². The lowest BCUT2D eigenvalue weighted by atomic mass is 10.2. The minimum atomic E-state index is -0.135. The summed E-state index contributed by atoms with van der Waals surface area (Å²) in [7, 11) is 1.63. The molecular weight excluding hydrogens is 476 g/mol. The number of aryl methyl sites for hydroxylation is 1. The molecule has 1 aliphatic heterocycles. The first-order chi connectivity index (χ1) is 16.2. The highest BCUT2D eigenvalue weighted by Crippen LogP contribution is 2.34. The molecular formula is C24H23ClN4O4S. The zero-order chi connectivity index (χ0) is 22.6. The van der Waals surface area contributed by atoms with E-state index in [2.05, 4.69) is 4.98 Å². The number of rotatable bonds is 8. The molecule has 0 N–H and O–H groups in total. The summed E-state index contributed by atoms with van der Waals surface area (Å²) in [4.78, 5) is 23.8. The molecule has 34 heavy (non-hydrogen) atoms. The Hall–Kier alpha value is -3.56. The number of amides is 1. The number of nitrogens with zero attached hydrogens (tertiary/aromatic N) is 4. The maximum Gasteiger partial charge on any atom is 0.252 e. The van der Waals surface area contributed by atoms with Crippen LogP contribution in [0.1, 0.15) is 12.0 Å². The van der Waals surface area contributed by atoms with Crippen molar-refractivity contribution in [3.63, 3.8) is 0 Å². The lowest BCUT2D eigenvalue weighted by molar-refractivity contribution is -0.114. The zero-order valence-corrected chi connectivity index (χ0v) is 20.1. The van der Waals surface area contributed by atoms with E-state index >= 15 is 0 Å². The van der Waals surface area contributed by atoms with Crippen molar-refractivity contribution in [1.29, 1.82) is 0 Å². The van der Waals surface area contributed by atoms with Crippen molar-refractivity contribution in [2.45, 2.75) is 13.0 Å². The van der Waals surface area contributed by atoms with Gasteiger partial charge in [-0.15, -0.1) is 12.4 Å². The van der Waals surface area contributed by atoms with Gasteiger partial charge in [-0.05, 0) is 48.4 Å². The summed E-state index contributed by atoms with van der Waals surface area (Å²) in [5.74, 6) is 2.02. The molecule has 4 aromatic rings. The fourth-order valence-corrected chi connectivity index (χ4v) is 4.57. The smallest absolute Gasteiger partial charge is 0.252 e. The summed E-state index contributed by atoms with van der Waals surface area (Å²) in [5.41, 5.74) is 1.70. The Bertz CT molecular complexity index is 1310. The fraction of sp³-hybridized carbons (Fsp3) is 0.208. The number of carbonyl (C=O) groups is 1. The molecule has 176 valence electrons. The van der Waals surface area contributed by atoms with Gasteiger partial charge in [0.1, 0.15) is 5.75 Å². The van der Waals surface area contributed by atoms with Crippen molar-refractivity contribution in [3.8, 4) is 17.2 Å². The molecule has 0 bridgehead atoms. The van der Waals surface area contributed by atoms with Gasteiger partial charge in [-0.25, -0.2) is 9.97 Å². The van der Waals surface area contributed by atoms with Crippen molar-refractivity contribution >= 4 is 51.1 Å². The molecule has 0 spiro atoms. The second kappa shape index (κ2) is 10.6. The first-order valence-corrected chi connectivity index (χ1v) is 11.3. The maximum absolute atomic E-state index is 13.2. The predicted octanol–water partition coefficient (Wildman–Crippen LogP) is 4.79. The molecule has 0 radical (unpaired) electrons. The van der Waals surface area contributed by atoms with Crippen LogP contribution in [0.25, 0.3) is 16.3 Å². The fourth-order valence-electron chi connectivity index (χ4n) is 3.54. The summed E-state index contributed by atoms with van der Waals surface area (Å²) < 4.78 is 19.1.